The van der Waals surface area contributed by atoms with Gasteiger partial charge in [0.25, 0.3) is 0 Å². The number of hydrogen-bond donors (Lipinski definition) is 0. The average molecular weight is 371 g/mol. The number of esters is 1. The number of rotatable bonds is 17. The van der Waals surface area contributed by atoms with Crippen molar-refractivity contribution in [1.82, 2.24) is 0 Å². The zero-order valence-corrected chi connectivity index (χ0v) is 18.2. The monoisotopic (exact) mass is 370 g/mol. The third-order valence-corrected chi connectivity index (χ3v) is 4.28. The molecule has 0 aromatic rings. The molecule has 0 aromatic carbocycles. The maximum atomic E-state index is 10.9. The molecule has 0 unspecified atom stereocenters. The highest BCUT2D eigenvalue weighted by Crippen LogP contribution is 2.10. The lowest BCUT2D eigenvalue weighted by Gasteiger charge is -2.00. The fourth-order valence-corrected chi connectivity index (χ4v) is 2.65. The molecule has 3 nitrogen and oxygen atoms in total. The second-order valence-electron chi connectivity index (χ2n) is 6.69. The Bertz CT molecular complexity index is 285. The number of ether oxygens (including phenoxy) is 2. The fourth-order valence-electron chi connectivity index (χ4n) is 2.65. The van der Waals surface area contributed by atoms with Crippen LogP contribution in [0.2, 0.25) is 0 Å². The lowest BCUT2D eigenvalue weighted by Crippen LogP contribution is -1.98. The zero-order chi connectivity index (χ0) is 19.7. The van der Waals surface area contributed by atoms with E-state index in [4.69, 9.17) is 4.74 Å². The van der Waals surface area contributed by atoms with Crippen molar-refractivity contribution in [2.45, 2.75) is 111 Å². The van der Waals surface area contributed by atoms with Crippen molar-refractivity contribution in [3.05, 3.63) is 12.2 Å². The first-order valence-corrected chi connectivity index (χ1v) is 11.0. The van der Waals surface area contributed by atoms with Crippen LogP contribution in [0.25, 0.3) is 0 Å². The van der Waals surface area contributed by atoms with Crippen LogP contribution < -0.4 is 0 Å². The Hall–Kier alpha value is -0.830. The van der Waals surface area contributed by atoms with E-state index in [2.05, 4.69) is 23.8 Å². The lowest BCUT2D eigenvalue weighted by atomic mass is 10.1. The molecule has 0 spiro atoms. The Balaban J connectivity index is 0. The molecule has 0 radical (unpaired) electrons. The van der Waals surface area contributed by atoms with Crippen LogP contribution in [0.3, 0.4) is 0 Å². The maximum Gasteiger partial charge on any atom is 0.305 e. The van der Waals surface area contributed by atoms with Gasteiger partial charge in [-0.25, -0.2) is 0 Å². The van der Waals surface area contributed by atoms with E-state index in [1.807, 2.05) is 13.8 Å². The molecule has 0 bridgehead atoms. The van der Waals surface area contributed by atoms with Crippen molar-refractivity contribution >= 4 is 5.97 Å². The summed E-state index contributed by atoms with van der Waals surface area (Å²) < 4.78 is 9.45. The van der Waals surface area contributed by atoms with Gasteiger partial charge >= 0.3 is 5.97 Å². The van der Waals surface area contributed by atoms with Gasteiger partial charge in [-0.2, -0.15) is 0 Å². The molecule has 3 heteroatoms. The van der Waals surface area contributed by atoms with Crippen LogP contribution in [-0.4, -0.2) is 26.3 Å². The molecule has 0 rings (SSSR count). The van der Waals surface area contributed by atoms with E-state index in [9.17, 15) is 4.79 Å². The Morgan fingerprint density at radius 1 is 0.692 bits per heavy atom. The first kappa shape index (κ1) is 27.4. The maximum absolute atomic E-state index is 10.9. The fraction of sp³-hybridized carbons (Fsp3) is 0.870. The Morgan fingerprint density at radius 2 is 1.15 bits per heavy atom. The summed E-state index contributed by atoms with van der Waals surface area (Å²) in [6.45, 7) is 7.93. The topological polar surface area (TPSA) is 35.5 Å². The quantitative estimate of drug-likeness (QED) is 0.154. The molecule has 0 N–H and O–H groups in total. The number of allylic oxidation sites excluding steroid dienone is 2. The van der Waals surface area contributed by atoms with Crippen LogP contribution in [0.15, 0.2) is 12.2 Å². The number of carbonyl (C=O) groups excluding carboxylic acids is 1. The molecule has 0 amide bonds. The molecule has 0 saturated carbocycles. The highest BCUT2D eigenvalue weighted by Gasteiger charge is 1.98. The van der Waals surface area contributed by atoms with Gasteiger partial charge in [-0.15, -0.1) is 0 Å². The number of hydrogen-bond acceptors (Lipinski definition) is 3. The van der Waals surface area contributed by atoms with E-state index in [1.54, 1.807) is 0 Å². The van der Waals surface area contributed by atoms with E-state index in [0.717, 1.165) is 26.1 Å². The highest BCUT2D eigenvalue weighted by atomic mass is 16.5. The molecular formula is C23H46O3. The third kappa shape index (κ3) is 28.0. The van der Waals surface area contributed by atoms with Gasteiger partial charge in [0.05, 0.1) is 7.11 Å². The summed E-state index contributed by atoms with van der Waals surface area (Å²) in [5.41, 5.74) is 0. The van der Waals surface area contributed by atoms with Crippen LogP contribution in [0.5, 0.6) is 0 Å². The SMILES string of the molecule is CCCCCCCC/C=C\CCCCCCCC(=O)OC.CCOCC. The zero-order valence-electron chi connectivity index (χ0n) is 18.2. The molecule has 0 atom stereocenters. The molecule has 26 heavy (non-hydrogen) atoms. The highest BCUT2D eigenvalue weighted by molar-refractivity contribution is 5.68. The van der Waals surface area contributed by atoms with E-state index in [0.29, 0.717) is 6.42 Å². The van der Waals surface area contributed by atoms with Crippen molar-refractivity contribution < 1.29 is 14.3 Å². The number of methoxy groups -OCH3 is 1. The van der Waals surface area contributed by atoms with Crippen LogP contribution >= 0.6 is 0 Å². The van der Waals surface area contributed by atoms with Crippen LogP contribution in [0.4, 0.5) is 0 Å². The van der Waals surface area contributed by atoms with Crippen LogP contribution in [0, 0.1) is 0 Å². The second-order valence-corrected chi connectivity index (χ2v) is 6.69. The third-order valence-electron chi connectivity index (χ3n) is 4.28. The van der Waals surface area contributed by atoms with Gasteiger partial charge < -0.3 is 9.47 Å². The van der Waals surface area contributed by atoms with E-state index < -0.39 is 0 Å². The van der Waals surface area contributed by atoms with Gasteiger partial charge in [-0.3, -0.25) is 4.79 Å². The molecule has 0 aromatic heterocycles. The molecular weight excluding hydrogens is 324 g/mol. The van der Waals surface area contributed by atoms with Gasteiger partial charge in [-0.1, -0.05) is 70.4 Å². The number of carbonyl (C=O) groups is 1. The van der Waals surface area contributed by atoms with Gasteiger partial charge in [0.2, 0.25) is 0 Å². The smallest absolute Gasteiger partial charge is 0.305 e. The normalized spacial score (nSPS) is 10.6. The molecule has 0 fully saturated rings. The summed E-state index contributed by atoms with van der Waals surface area (Å²) in [4.78, 5) is 10.9. The van der Waals surface area contributed by atoms with Crippen LogP contribution in [0.1, 0.15) is 111 Å². The van der Waals surface area contributed by atoms with E-state index in [1.165, 1.54) is 77.7 Å². The Morgan fingerprint density at radius 3 is 1.58 bits per heavy atom. The minimum Gasteiger partial charge on any atom is -0.469 e. The molecule has 0 aliphatic rings. The van der Waals surface area contributed by atoms with Gasteiger partial charge in [0, 0.05) is 19.6 Å². The minimum atomic E-state index is -0.0763. The average Bonchev–Trinajstić information content (AvgIpc) is 2.65. The lowest BCUT2D eigenvalue weighted by molar-refractivity contribution is -0.140. The molecule has 0 aliphatic carbocycles. The first-order chi connectivity index (χ1) is 12.7. The molecule has 0 heterocycles. The summed E-state index contributed by atoms with van der Waals surface area (Å²) in [7, 11) is 1.46. The summed E-state index contributed by atoms with van der Waals surface area (Å²) in [6.07, 6.45) is 22.0. The largest absolute Gasteiger partial charge is 0.469 e. The minimum absolute atomic E-state index is 0.0763. The summed E-state index contributed by atoms with van der Waals surface area (Å²) in [6, 6.07) is 0. The summed E-state index contributed by atoms with van der Waals surface area (Å²) in [5, 5.41) is 0. The molecule has 0 saturated heterocycles. The van der Waals surface area contributed by atoms with Gasteiger partial charge in [-0.05, 0) is 46.0 Å². The predicted molar refractivity (Wildman–Crippen MR) is 114 cm³/mol. The van der Waals surface area contributed by atoms with Crippen molar-refractivity contribution in [3.63, 3.8) is 0 Å². The second kappa shape index (κ2) is 26.4. The van der Waals surface area contributed by atoms with Crippen LogP contribution in [-0.2, 0) is 14.3 Å². The van der Waals surface area contributed by atoms with Gasteiger partial charge in [0.1, 0.15) is 0 Å². The number of unbranched alkanes of at least 4 members (excludes halogenated alkanes) is 11. The van der Waals surface area contributed by atoms with Crippen molar-refractivity contribution in [3.8, 4) is 0 Å². The van der Waals surface area contributed by atoms with Crippen molar-refractivity contribution in [2.24, 2.45) is 0 Å². The Labute approximate surface area is 163 Å². The molecule has 156 valence electrons. The van der Waals surface area contributed by atoms with Gasteiger partial charge in [0.15, 0.2) is 0 Å². The predicted octanol–water partition coefficient (Wildman–Crippen LogP) is 7.24. The van der Waals surface area contributed by atoms with Crippen molar-refractivity contribution in [2.75, 3.05) is 20.3 Å². The van der Waals surface area contributed by atoms with E-state index in [-0.39, 0.29) is 5.97 Å². The summed E-state index contributed by atoms with van der Waals surface area (Å²) >= 11 is 0. The van der Waals surface area contributed by atoms with E-state index >= 15 is 0 Å². The Kier molecular flexibility index (Phi) is 27.8. The first-order valence-electron chi connectivity index (χ1n) is 11.0. The standard InChI is InChI=1S/C19H36O2.C4H10O/c1-3-4-5-6-7-8-9-10-11-12-13-14-15-16-17-18-19(20)21-2;1-3-5-4-2/h10-11H,3-9,12-18H2,1-2H3;3-4H2,1-2H3/b11-10-;. The summed E-state index contributed by atoms with van der Waals surface area (Å²) in [5.74, 6) is -0.0763. The molecule has 0 aliphatic heterocycles. The van der Waals surface area contributed by atoms with Crippen molar-refractivity contribution in [1.29, 1.82) is 0 Å².